The summed E-state index contributed by atoms with van der Waals surface area (Å²) in [6, 6.07) is 13.8. The molecule has 0 aliphatic heterocycles. The molecule has 34 heavy (non-hydrogen) atoms. The van der Waals surface area contributed by atoms with Crippen LogP contribution in [0.1, 0.15) is 62.2 Å². The Labute approximate surface area is 196 Å². The minimum atomic E-state index is -0.633. The molecule has 6 rings (SSSR count). The molecule has 0 saturated heterocycles. The Morgan fingerprint density at radius 3 is 2.47 bits per heavy atom. The number of aromatic nitrogens is 5. The number of H-pyrrole nitrogens is 1. The van der Waals surface area contributed by atoms with Gasteiger partial charge in [0.25, 0.3) is 0 Å². The monoisotopic (exact) mass is 457 g/mol. The zero-order valence-electron chi connectivity index (χ0n) is 19.4. The predicted octanol–water partition coefficient (Wildman–Crippen LogP) is 5.97. The summed E-state index contributed by atoms with van der Waals surface area (Å²) >= 11 is 0. The van der Waals surface area contributed by atoms with E-state index in [9.17, 15) is 8.78 Å². The second-order valence-corrected chi connectivity index (χ2v) is 9.89. The van der Waals surface area contributed by atoms with Gasteiger partial charge in [-0.25, -0.2) is 8.78 Å². The van der Waals surface area contributed by atoms with Crippen LogP contribution in [-0.2, 0) is 11.8 Å². The quantitative estimate of drug-likeness (QED) is 0.410. The second-order valence-electron chi connectivity index (χ2n) is 9.89. The van der Waals surface area contributed by atoms with Crippen LogP contribution in [0, 0.1) is 17.0 Å². The van der Waals surface area contributed by atoms with Crippen molar-refractivity contribution in [1.82, 2.24) is 25.4 Å². The van der Waals surface area contributed by atoms with Crippen molar-refractivity contribution in [3.8, 4) is 22.6 Å². The number of hydrogen-bond donors (Lipinski definition) is 1. The van der Waals surface area contributed by atoms with Crippen LogP contribution in [-0.4, -0.2) is 25.4 Å². The summed E-state index contributed by atoms with van der Waals surface area (Å²) in [7, 11) is 0. The first-order valence-electron chi connectivity index (χ1n) is 11.7. The first-order chi connectivity index (χ1) is 16.4. The van der Waals surface area contributed by atoms with E-state index in [-0.39, 0.29) is 22.6 Å². The number of benzene rings is 1. The molecule has 1 N–H and O–H groups in total. The van der Waals surface area contributed by atoms with Gasteiger partial charge in [-0.05, 0) is 72.6 Å². The first-order valence-corrected chi connectivity index (χ1v) is 11.7. The van der Waals surface area contributed by atoms with E-state index >= 15 is 0 Å². The van der Waals surface area contributed by atoms with Gasteiger partial charge in [-0.1, -0.05) is 32.9 Å². The number of halogens is 2. The third-order valence-corrected chi connectivity index (χ3v) is 8.06. The van der Waals surface area contributed by atoms with Gasteiger partial charge in [0.15, 0.2) is 0 Å². The highest BCUT2D eigenvalue weighted by Crippen LogP contribution is 2.69. The molecule has 1 fully saturated rings. The molecule has 1 saturated carbocycles. The van der Waals surface area contributed by atoms with Gasteiger partial charge in [0.2, 0.25) is 0 Å². The molecule has 172 valence electrons. The fraction of sp³-hybridized carbons (Fsp3) is 0.333. The zero-order chi connectivity index (χ0) is 23.7. The molecule has 7 heteroatoms. The molecule has 2 bridgehead atoms. The second kappa shape index (κ2) is 7.26. The fourth-order valence-electron chi connectivity index (χ4n) is 6.25. The minimum Gasteiger partial charge on any atom is -0.282 e. The van der Waals surface area contributed by atoms with Crippen LogP contribution in [0.25, 0.3) is 22.6 Å². The third-order valence-electron chi connectivity index (χ3n) is 8.06. The van der Waals surface area contributed by atoms with Gasteiger partial charge < -0.3 is 0 Å². The van der Waals surface area contributed by atoms with Crippen molar-refractivity contribution in [2.75, 3.05) is 0 Å². The predicted molar refractivity (Wildman–Crippen MR) is 125 cm³/mol. The van der Waals surface area contributed by atoms with E-state index in [0.717, 1.165) is 53.3 Å². The number of nitrogens with zero attached hydrogens (tertiary/aromatic N) is 4. The van der Waals surface area contributed by atoms with E-state index in [0.29, 0.717) is 0 Å². The van der Waals surface area contributed by atoms with Crippen LogP contribution in [0.2, 0.25) is 0 Å². The van der Waals surface area contributed by atoms with Crippen molar-refractivity contribution in [3.63, 3.8) is 0 Å². The SMILES string of the molecule is CCc1cc(-c2cccc([C@@]34CC[C@@H](c5cc(-c6c(F)cccc6F)nnc53)C4(C)C)n2)n[nH]1. The lowest BCUT2D eigenvalue weighted by Gasteiger charge is -2.37. The van der Waals surface area contributed by atoms with Crippen molar-refractivity contribution in [2.45, 2.75) is 51.4 Å². The van der Waals surface area contributed by atoms with Gasteiger partial charge in [0, 0.05) is 5.69 Å². The number of aryl methyl sites for hydroxylation is 1. The molecule has 0 unspecified atom stereocenters. The number of hydrogen-bond acceptors (Lipinski definition) is 4. The van der Waals surface area contributed by atoms with Gasteiger partial charge in [-0.3, -0.25) is 10.1 Å². The fourth-order valence-corrected chi connectivity index (χ4v) is 6.25. The summed E-state index contributed by atoms with van der Waals surface area (Å²) < 4.78 is 28.9. The summed E-state index contributed by atoms with van der Waals surface area (Å²) in [5.74, 6) is -1.06. The Morgan fingerprint density at radius 1 is 0.971 bits per heavy atom. The summed E-state index contributed by atoms with van der Waals surface area (Å²) in [5.41, 5.74) is 5.03. The average Bonchev–Trinajstić information content (AvgIpc) is 3.47. The topological polar surface area (TPSA) is 67.3 Å². The molecule has 0 radical (unpaired) electrons. The van der Waals surface area contributed by atoms with Gasteiger partial charge in [0.1, 0.15) is 17.3 Å². The molecular weight excluding hydrogens is 432 g/mol. The lowest BCUT2D eigenvalue weighted by atomic mass is 9.66. The first kappa shape index (κ1) is 21.1. The molecular formula is C27H25F2N5. The highest BCUT2D eigenvalue weighted by atomic mass is 19.1. The lowest BCUT2D eigenvalue weighted by molar-refractivity contribution is 0.243. The maximum Gasteiger partial charge on any atom is 0.135 e. The number of fused-ring (bicyclic) bond motifs is 5. The molecule has 3 aromatic heterocycles. The average molecular weight is 458 g/mol. The summed E-state index contributed by atoms with van der Waals surface area (Å²) in [4.78, 5) is 5.08. The van der Waals surface area contributed by atoms with Crippen LogP contribution < -0.4 is 0 Å². The molecule has 5 nitrogen and oxygen atoms in total. The van der Waals surface area contributed by atoms with E-state index in [1.165, 1.54) is 18.2 Å². The number of nitrogens with one attached hydrogen (secondary N) is 1. The zero-order valence-corrected chi connectivity index (χ0v) is 19.4. The molecule has 0 spiro atoms. The van der Waals surface area contributed by atoms with Crippen LogP contribution in [0.4, 0.5) is 8.78 Å². The third kappa shape index (κ3) is 2.70. The Morgan fingerprint density at radius 2 is 1.74 bits per heavy atom. The van der Waals surface area contributed by atoms with Crippen LogP contribution in [0.15, 0.2) is 48.5 Å². The summed E-state index contributed by atoms with van der Waals surface area (Å²) in [6.07, 6.45) is 2.73. The largest absolute Gasteiger partial charge is 0.282 e. The van der Waals surface area contributed by atoms with E-state index in [2.05, 4.69) is 47.2 Å². The van der Waals surface area contributed by atoms with E-state index < -0.39 is 17.0 Å². The number of rotatable bonds is 4. The van der Waals surface area contributed by atoms with Crippen molar-refractivity contribution in [2.24, 2.45) is 5.41 Å². The van der Waals surface area contributed by atoms with Crippen LogP contribution in [0.5, 0.6) is 0 Å². The van der Waals surface area contributed by atoms with E-state index in [1.807, 2.05) is 24.3 Å². The standard InChI is InChI=1S/C27H25F2N5/c1-4-15-13-21(32-31-15)20-9-6-10-23(30-20)27-12-11-17(26(27,2)3)16-14-22(33-34-25(16)27)24-18(28)7-5-8-19(24)29/h5-10,13-14,17H,4,11-12H2,1-3H3,(H,31,32)/t17-,27-/m0/s1. The van der Waals surface area contributed by atoms with Crippen molar-refractivity contribution in [1.29, 1.82) is 0 Å². The van der Waals surface area contributed by atoms with Gasteiger partial charge in [0.05, 0.1) is 33.8 Å². The summed E-state index contributed by atoms with van der Waals surface area (Å²) in [6.45, 7) is 6.57. The molecule has 0 amide bonds. The Hall–Kier alpha value is -3.48. The van der Waals surface area contributed by atoms with Gasteiger partial charge in [-0.2, -0.15) is 10.2 Å². The number of aromatic amines is 1. The maximum atomic E-state index is 14.5. The molecule has 3 heterocycles. The highest BCUT2D eigenvalue weighted by Gasteiger charge is 2.65. The Kier molecular flexibility index (Phi) is 4.50. The van der Waals surface area contributed by atoms with Crippen molar-refractivity contribution >= 4 is 0 Å². The van der Waals surface area contributed by atoms with E-state index in [4.69, 9.17) is 4.98 Å². The molecule has 1 aromatic carbocycles. The smallest absolute Gasteiger partial charge is 0.135 e. The van der Waals surface area contributed by atoms with Crippen LogP contribution in [0.3, 0.4) is 0 Å². The normalized spacial score (nSPS) is 22.2. The Balaban J connectivity index is 1.51. The van der Waals surface area contributed by atoms with Crippen molar-refractivity contribution < 1.29 is 8.78 Å². The van der Waals surface area contributed by atoms with Gasteiger partial charge in [-0.15, -0.1) is 5.10 Å². The number of pyridine rings is 1. The molecule has 2 aliphatic rings. The lowest BCUT2D eigenvalue weighted by Crippen LogP contribution is -2.37. The highest BCUT2D eigenvalue weighted by molar-refractivity contribution is 5.64. The molecule has 4 aromatic rings. The maximum absolute atomic E-state index is 14.5. The molecule has 2 aliphatic carbocycles. The molecule has 2 atom stereocenters. The minimum absolute atomic E-state index is 0.127. The van der Waals surface area contributed by atoms with Gasteiger partial charge >= 0.3 is 0 Å². The Bertz CT molecular complexity index is 1410. The summed E-state index contributed by atoms with van der Waals surface area (Å²) in [5, 5.41) is 16.4. The van der Waals surface area contributed by atoms with Crippen molar-refractivity contribution in [3.05, 3.63) is 82.8 Å². The van der Waals surface area contributed by atoms with E-state index in [1.54, 1.807) is 0 Å². The van der Waals surface area contributed by atoms with Crippen LogP contribution >= 0.6 is 0 Å².